The minimum atomic E-state index is -0.313. The topological polar surface area (TPSA) is 39.2 Å². The summed E-state index contributed by atoms with van der Waals surface area (Å²) in [4.78, 5) is 16.7. The number of aromatic nitrogens is 1. The lowest BCUT2D eigenvalue weighted by molar-refractivity contribution is 0.0527. The maximum absolute atomic E-state index is 12.1. The maximum atomic E-state index is 12.1. The van der Waals surface area contributed by atoms with Crippen molar-refractivity contribution in [3.05, 3.63) is 65.5 Å². The molecule has 3 rings (SSSR count). The van der Waals surface area contributed by atoms with E-state index in [-0.39, 0.29) is 5.97 Å². The van der Waals surface area contributed by atoms with Crippen LogP contribution in [0.2, 0.25) is 0 Å². The van der Waals surface area contributed by atoms with Gasteiger partial charge in [-0.05, 0) is 13.0 Å². The molecule has 0 spiro atoms. The molecule has 4 heteroatoms. The van der Waals surface area contributed by atoms with Crippen molar-refractivity contribution in [3.8, 4) is 21.8 Å². The van der Waals surface area contributed by atoms with E-state index in [0.717, 1.165) is 21.8 Å². The Morgan fingerprint density at radius 2 is 1.82 bits per heavy atom. The van der Waals surface area contributed by atoms with E-state index >= 15 is 0 Å². The third-order valence-corrected chi connectivity index (χ3v) is 4.11. The highest BCUT2D eigenvalue weighted by Crippen LogP contribution is 2.30. The minimum Gasteiger partial charge on any atom is -0.462 e. The van der Waals surface area contributed by atoms with Gasteiger partial charge in [-0.3, -0.25) is 0 Å². The van der Waals surface area contributed by atoms with Gasteiger partial charge in [0.25, 0.3) is 0 Å². The molecule has 0 amide bonds. The molecule has 0 bridgehead atoms. The lowest BCUT2D eigenvalue weighted by atomic mass is 10.1. The summed E-state index contributed by atoms with van der Waals surface area (Å²) in [6.07, 6.45) is 0. The fourth-order valence-electron chi connectivity index (χ4n) is 2.20. The lowest BCUT2D eigenvalue weighted by Gasteiger charge is -2.06. The predicted molar refractivity (Wildman–Crippen MR) is 88.9 cm³/mol. The van der Waals surface area contributed by atoms with Gasteiger partial charge in [-0.2, -0.15) is 0 Å². The first-order chi connectivity index (χ1) is 10.8. The van der Waals surface area contributed by atoms with Crippen LogP contribution in [0.25, 0.3) is 21.8 Å². The number of rotatable bonds is 4. The van der Waals surface area contributed by atoms with E-state index < -0.39 is 0 Å². The largest absolute Gasteiger partial charge is 0.462 e. The first-order valence-electron chi connectivity index (χ1n) is 7.07. The molecule has 0 aliphatic rings. The summed E-state index contributed by atoms with van der Waals surface area (Å²) >= 11 is 1.57. The lowest BCUT2D eigenvalue weighted by Crippen LogP contribution is -2.06. The van der Waals surface area contributed by atoms with Gasteiger partial charge in [0.2, 0.25) is 0 Å². The van der Waals surface area contributed by atoms with Crippen molar-refractivity contribution in [1.82, 2.24) is 4.98 Å². The molecule has 1 heterocycles. The molecule has 0 aliphatic carbocycles. The molecule has 0 saturated heterocycles. The van der Waals surface area contributed by atoms with Crippen molar-refractivity contribution in [3.63, 3.8) is 0 Å². The molecule has 0 fully saturated rings. The van der Waals surface area contributed by atoms with Gasteiger partial charge in [-0.1, -0.05) is 48.5 Å². The Bertz CT molecular complexity index is 781. The third kappa shape index (κ3) is 2.92. The second-order valence-corrected chi connectivity index (χ2v) is 5.53. The van der Waals surface area contributed by atoms with Crippen molar-refractivity contribution in [2.24, 2.45) is 0 Å². The zero-order valence-corrected chi connectivity index (χ0v) is 13.0. The Balaban J connectivity index is 1.99. The number of ether oxygens (including phenoxy) is 1. The molecule has 110 valence electrons. The number of hydrogen-bond acceptors (Lipinski definition) is 4. The Labute approximate surface area is 133 Å². The van der Waals surface area contributed by atoms with Gasteiger partial charge < -0.3 is 4.74 Å². The Kier molecular flexibility index (Phi) is 4.30. The number of hydrogen-bond donors (Lipinski definition) is 0. The van der Waals surface area contributed by atoms with Crippen LogP contribution in [-0.4, -0.2) is 17.6 Å². The molecule has 0 aliphatic heterocycles. The average molecular weight is 309 g/mol. The molecule has 2 aromatic carbocycles. The van der Waals surface area contributed by atoms with Crippen LogP contribution >= 0.6 is 11.3 Å². The Morgan fingerprint density at radius 1 is 1.09 bits per heavy atom. The van der Waals surface area contributed by atoms with E-state index in [9.17, 15) is 4.79 Å². The van der Waals surface area contributed by atoms with Crippen molar-refractivity contribution >= 4 is 17.3 Å². The van der Waals surface area contributed by atoms with E-state index in [4.69, 9.17) is 4.74 Å². The SMILES string of the molecule is CCOC(=O)c1ccccc1-c1csc(-c2ccccc2)n1. The van der Waals surface area contributed by atoms with E-state index in [1.165, 1.54) is 0 Å². The quantitative estimate of drug-likeness (QED) is 0.658. The highest BCUT2D eigenvalue weighted by molar-refractivity contribution is 7.13. The van der Waals surface area contributed by atoms with Gasteiger partial charge in [-0.15, -0.1) is 11.3 Å². The zero-order valence-electron chi connectivity index (χ0n) is 12.2. The fraction of sp³-hybridized carbons (Fsp3) is 0.111. The number of nitrogens with zero attached hydrogens (tertiary/aromatic N) is 1. The summed E-state index contributed by atoms with van der Waals surface area (Å²) in [5.74, 6) is -0.313. The molecule has 1 aromatic heterocycles. The molecule has 3 nitrogen and oxygen atoms in total. The van der Waals surface area contributed by atoms with Gasteiger partial charge >= 0.3 is 5.97 Å². The number of carbonyl (C=O) groups excluding carboxylic acids is 1. The summed E-state index contributed by atoms with van der Waals surface area (Å²) in [6, 6.07) is 17.4. The standard InChI is InChI=1S/C18H15NO2S/c1-2-21-18(20)15-11-7-6-10-14(15)16-12-22-17(19-16)13-8-4-3-5-9-13/h3-12H,2H2,1H3. The summed E-state index contributed by atoms with van der Waals surface area (Å²) in [5.41, 5.74) is 3.23. The second-order valence-electron chi connectivity index (χ2n) is 4.67. The fourth-order valence-corrected chi connectivity index (χ4v) is 3.03. The smallest absolute Gasteiger partial charge is 0.338 e. The van der Waals surface area contributed by atoms with Crippen LogP contribution in [0.3, 0.4) is 0 Å². The summed E-state index contributed by atoms with van der Waals surface area (Å²) in [5, 5.41) is 2.91. The van der Waals surface area contributed by atoms with Crippen LogP contribution in [0.15, 0.2) is 60.0 Å². The minimum absolute atomic E-state index is 0.313. The number of carbonyl (C=O) groups is 1. The molecular formula is C18H15NO2S. The maximum Gasteiger partial charge on any atom is 0.338 e. The van der Waals surface area contributed by atoms with Gasteiger partial charge in [0.1, 0.15) is 5.01 Å². The molecule has 22 heavy (non-hydrogen) atoms. The van der Waals surface area contributed by atoms with Gasteiger partial charge in [0, 0.05) is 16.5 Å². The highest BCUT2D eigenvalue weighted by Gasteiger charge is 2.15. The van der Waals surface area contributed by atoms with Crippen molar-refractivity contribution in [2.45, 2.75) is 6.92 Å². The predicted octanol–water partition coefficient (Wildman–Crippen LogP) is 4.65. The van der Waals surface area contributed by atoms with Crippen LogP contribution in [0.4, 0.5) is 0 Å². The normalized spacial score (nSPS) is 10.4. The first kappa shape index (κ1) is 14.5. The van der Waals surface area contributed by atoms with Crippen LogP contribution < -0.4 is 0 Å². The Morgan fingerprint density at radius 3 is 2.59 bits per heavy atom. The third-order valence-electron chi connectivity index (χ3n) is 3.22. The number of thiazole rings is 1. The molecule has 0 unspecified atom stereocenters. The van der Waals surface area contributed by atoms with E-state index in [0.29, 0.717) is 12.2 Å². The highest BCUT2D eigenvalue weighted by atomic mass is 32.1. The van der Waals surface area contributed by atoms with Gasteiger partial charge in [0.15, 0.2) is 0 Å². The second kappa shape index (κ2) is 6.54. The van der Waals surface area contributed by atoms with Gasteiger partial charge in [-0.25, -0.2) is 9.78 Å². The zero-order chi connectivity index (χ0) is 15.4. The van der Waals surface area contributed by atoms with E-state index in [1.54, 1.807) is 24.3 Å². The molecule has 3 aromatic rings. The van der Waals surface area contributed by atoms with Crippen LogP contribution in [0.1, 0.15) is 17.3 Å². The molecule has 0 N–H and O–H groups in total. The summed E-state index contributed by atoms with van der Waals surface area (Å²) < 4.78 is 5.12. The monoisotopic (exact) mass is 309 g/mol. The van der Waals surface area contributed by atoms with Crippen molar-refractivity contribution in [1.29, 1.82) is 0 Å². The molecular weight excluding hydrogens is 294 g/mol. The summed E-state index contributed by atoms with van der Waals surface area (Å²) in [6.45, 7) is 2.16. The van der Waals surface area contributed by atoms with Crippen LogP contribution in [0, 0.1) is 0 Å². The van der Waals surface area contributed by atoms with E-state index in [1.807, 2.05) is 53.9 Å². The number of benzene rings is 2. The first-order valence-corrected chi connectivity index (χ1v) is 7.95. The van der Waals surface area contributed by atoms with Gasteiger partial charge in [0.05, 0.1) is 17.9 Å². The van der Waals surface area contributed by atoms with E-state index in [2.05, 4.69) is 4.98 Å². The summed E-state index contributed by atoms with van der Waals surface area (Å²) in [7, 11) is 0. The van der Waals surface area contributed by atoms with Crippen LogP contribution in [-0.2, 0) is 4.74 Å². The Hall–Kier alpha value is -2.46. The number of esters is 1. The molecule has 0 atom stereocenters. The molecule has 0 saturated carbocycles. The van der Waals surface area contributed by atoms with Crippen LogP contribution in [0.5, 0.6) is 0 Å². The average Bonchev–Trinajstić information content (AvgIpc) is 3.06. The molecule has 0 radical (unpaired) electrons. The van der Waals surface area contributed by atoms with Crippen molar-refractivity contribution in [2.75, 3.05) is 6.61 Å². The van der Waals surface area contributed by atoms with Crippen molar-refractivity contribution < 1.29 is 9.53 Å².